The molecule has 0 aromatic carbocycles. The van der Waals surface area contributed by atoms with E-state index in [9.17, 15) is 19.5 Å². The summed E-state index contributed by atoms with van der Waals surface area (Å²) in [5, 5.41) is 13.2. The van der Waals surface area contributed by atoms with Crippen molar-refractivity contribution in [3.63, 3.8) is 0 Å². The molecule has 8 nitrogen and oxygen atoms in total. The van der Waals surface area contributed by atoms with Crippen LogP contribution in [-0.2, 0) is 14.4 Å². The normalized spacial score (nSPS) is 27.8. The molecule has 2 N–H and O–H groups in total. The van der Waals surface area contributed by atoms with Gasteiger partial charge in [0.15, 0.2) is 0 Å². The van der Waals surface area contributed by atoms with Crippen LogP contribution < -0.4 is 5.32 Å². The molecule has 0 spiro atoms. The molecule has 1 aliphatic heterocycles. The van der Waals surface area contributed by atoms with Crippen LogP contribution in [-0.4, -0.2) is 95.5 Å². The maximum absolute atomic E-state index is 12.1. The number of rotatable bonds is 4. The highest BCUT2D eigenvalue weighted by molar-refractivity contribution is 5.83. The molecular weight excluding hydrogens is 312 g/mol. The van der Waals surface area contributed by atoms with E-state index >= 15 is 0 Å². The van der Waals surface area contributed by atoms with Crippen LogP contribution in [0.4, 0.5) is 0 Å². The number of likely N-dealkylation sites (N-methyl/N-ethyl adjacent to an activating group) is 1. The summed E-state index contributed by atoms with van der Waals surface area (Å²) >= 11 is 0. The van der Waals surface area contributed by atoms with Crippen molar-refractivity contribution in [3.8, 4) is 0 Å². The first-order chi connectivity index (χ1) is 11.3. The molecule has 2 rings (SSSR count). The Labute approximate surface area is 142 Å². The van der Waals surface area contributed by atoms with Crippen LogP contribution in [0.2, 0.25) is 0 Å². The largest absolute Gasteiger partial charge is 0.389 e. The fourth-order valence-electron chi connectivity index (χ4n) is 3.64. The molecule has 0 aromatic heterocycles. The molecule has 1 saturated heterocycles. The van der Waals surface area contributed by atoms with E-state index in [1.165, 1.54) is 6.92 Å². The van der Waals surface area contributed by atoms with Gasteiger partial charge in [-0.05, 0) is 12.8 Å². The molecule has 0 radical (unpaired) electrons. The molecule has 0 unspecified atom stereocenters. The smallest absolute Gasteiger partial charge is 0.242 e. The molecule has 1 heterocycles. The molecule has 3 atom stereocenters. The minimum Gasteiger partial charge on any atom is -0.389 e. The first-order valence-corrected chi connectivity index (χ1v) is 8.49. The second kappa shape index (κ2) is 7.94. The Morgan fingerprint density at radius 2 is 1.75 bits per heavy atom. The number of hydrogen-bond acceptors (Lipinski definition) is 5. The number of carbonyl (C=O) groups excluding carboxylic acids is 3. The zero-order valence-corrected chi connectivity index (χ0v) is 14.7. The fraction of sp³-hybridized carbons (Fsp3) is 0.812. The monoisotopic (exact) mass is 340 g/mol. The van der Waals surface area contributed by atoms with Gasteiger partial charge in [0.05, 0.1) is 18.7 Å². The summed E-state index contributed by atoms with van der Waals surface area (Å²) in [6.07, 6.45) is 0.949. The van der Waals surface area contributed by atoms with Crippen molar-refractivity contribution in [1.82, 2.24) is 20.0 Å². The van der Waals surface area contributed by atoms with Crippen molar-refractivity contribution in [2.45, 2.75) is 44.9 Å². The highest BCUT2D eigenvalue weighted by Crippen LogP contribution is 2.28. The number of nitrogens with zero attached hydrogens (tertiary/aromatic N) is 3. The van der Waals surface area contributed by atoms with E-state index < -0.39 is 6.10 Å². The third-order valence-corrected chi connectivity index (χ3v) is 5.15. The molecule has 1 aliphatic carbocycles. The predicted octanol–water partition coefficient (Wildman–Crippen LogP) is -1.36. The maximum atomic E-state index is 12.1. The highest BCUT2D eigenvalue weighted by Gasteiger charge is 2.42. The van der Waals surface area contributed by atoms with Gasteiger partial charge in [-0.2, -0.15) is 0 Å². The van der Waals surface area contributed by atoms with Gasteiger partial charge >= 0.3 is 0 Å². The molecule has 136 valence electrons. The topological polar surface area (TPSA) is 93.2 Å². The molecular formula is C16H28N4O4. The average molecular weight is 340 g/mol. The first kappa shape index (κ1) is 18.7. The Balaban J connectivity index is 1.88. The van der Waals surface area contributed by atoms with Gasteiger partial charge in [-0.15, -0.1) is 0 Å². The van der Waals surface area contributed by atoms with Gasteiger partial charge in [0.25, 0.3) is 0 Å². The van der Waals surface area contributed by atoms with E-state index in [4.69, 9.17) is 0 Å². The number of piperazine rings is 1. The van der Waals surface area contributed by atoms with Crippen molar-refractivity contribution in [3.05, 3.63) is 0 Å². The number of hydrogen-bond donors (Lipinski definition) is 2. The van der Waals surface area contributed by atoms with Crippen LogP contribution in [0.1, 0.15) is 26.7 Å². The minimum absolute atomic E-state index is 0.0140. The molecule has 24 heavy (non-hydrogen) atoms. The van der Waals surface area contributed by atoms with E-state index in [-0.39, 0.29) is 36.3 Å². The summed E-state index contributed by atoms with van der Waals surface area (Å²) in [7, 11) is 1.67. The summed E-state index contributed by atoms with van der Waals surface area (Å²) in [5.41, 5.74) is 0. The molecule has 2 aliphatic rings. The second-order valence-corrected chi connectivity index (χ2v) is 6.66. The van der Waals surface area contributed by atoms with Gasteiger partial charge in [0.2, 0.25) is 17.7 Å². The van der Waals surface area contributed by atoms with E-state index in [0.29, 0.717) is 13.1 Å². The zero-order valence-electron chi connectivity index (χ0n) is 14.7. The third kappa shape index (κ3) is 4.24. The summed E-state index contributed by atoms with van der Waals surface area (Å²) in [6, 6.07) is -0.220. The van der Waals surface area contributed by atoms with Crippen LogP contribution in [0.5, 0.6) is 0 Å². The zero-order chi connectivity index (χ0) is 17.9. The summed E-state index contributed by atoms with van der Waals surface area (Å²) in [6.45, 7) is 5.76. The predicted molar refractivity (Wildman–Crippen MR) is 88.1 cm³/mol. The van der Waals surface area contributed by atoms with Crippen molar-refractivity contribution >= 4 is 17.7 Å². The Morgan fingerprint density at radius 3 is 2.29 bits per heavy atom. The van der Waals surface area contributed by atoms with Gasteiger partial charge < -0.3 is 20.2 Å². The third-order valence-electron chi connectivity index (χ3n) is 5.15. The molecule has 3 amide bonds. The van der Waals surface area contributed by atoms with Crippen molar-refractivity contribution in [1.29, 1.82) is 0 Å². The highest BCUT2D eigenvalue weighted by atomic mass is 16.3. The average Bonchev–Trinajstić information content (AvgIpc) is 2.93. The van der Waals surface area contributed by atoms with Crippen molar-refractivity contribution in [2.24, 2.45) is 0 Å². The van der Waals surface area contributed by atoms with Crippen molar-refractivity contribution < 1.29 is 19.5 Å². The van der Waals surface area contributed by atoms with Crippen LogP contribution in [0.3, 0.4) is 0 Å². The number of carbonyl (C=O) groups is 3. The molecule has 1 saturated carbocycles. The van der Waals surface area contributed by atoms with Gasteiger partial charge in [-0.1, -0.05) is 0 Å². The van der Waals surface area contributed by atoms with Gasteiger partial charge in [0, 0.05) is 53.1 Å². The van der Waals surface area contributed by atoms with E-state index in [1.54, 1.807) is 18.9 Å². The standard InChI is InChI=1S/C16H28N4O4/c1-11(21)17-10-15(23)18(3)13-4-5-14(16(13)24)20-8-6-19(7-9-20)12(2)22/h13-14,16,24H,4-10H2,1-3H3,(H,17,21)/t13-,14-,16-/m1/s1. The molecule has 8 heteroatoms. The van der Waals surface area contributed by atoms with E-state index in [0.717, 1.165) is 25.9 Å². The summed E-state index contributed by atoms with van der Waals surface area (Å²) in [5.74, 6) is -0.357. The first-order valence-electron chi connectivity index (χ1n) is 8.49. The quantitative estimate of drug-likeness (QED) is 0.659. The lowest BCUT2D eigenvalue weighted by Crippen LogP contribution is -2.56. The lowest BCUT2D eigenvalue weighted by Gasteiger charge is -2.39. The Hall–Kier alpha value is -1.67. The van der Waals surface area contributed by atoms with Crippen molar-refractivity contribution in [2.75, 3.05) is 39.8 Å². The number of aliphatic hydroxyl groups excluding tert-OH is 1. The maximum Gasteiger partial charge on any atom is 0.242 e. The summed E-state index contributed by atoms with van der Waals surface area (Å²) < 4.78 is 0. The van der Waals surface area contributed by atoms with Gasteiger partial charge in [0.1, 0.15) is 0 Å². The Bertz CT molecular complexity index is 490. The van der Waals surface area contributed by atoms with Crippen LogP contribution in [0.25, 0.3) is 0 Å². The van der Waals surface area contributed by atoms with Gasteiger partial charge in [-0.25, -0.2) is 0 Å². The van der Waals surface area contributed by atoms with Crippen LogP contribution in [0.15, 0.2) is 0 Å². The fourth-order valence-corrected chi connectivity index (χ4v) is 3.64. The Kier molecular flexibility index (Phi) is 6.17. The lowest BCUT2D eigenvalue weighted by atomic mass is 10.1. The van der Waals surface area contributed by atoms with Crippen LogP contribution in [0, 0.1) is 0 Å². The molecule has 0 bridgehead atoms. The molecule has 2 fully saturated rings. The van der Waals surface area contributed by atoms with E-state index in [2.05, 4.69) is 10.2 Å². The Morgan fingerprint density at radius 1 is 1.12 bits per heavy atom. The van der Waals surface area contributed by atoms with E-state index in [1.807, 2.05) is 4.90 Å². The minimum atomic E-state index is -0.611. The SMILES string of the molecule is CC(=O)NCC(=O)N(C)[C@@H]1CC[C@@H](N2CCN(C(C)=O)CC2)[C@@H]1O. The molecule has 0 aromatic rings. The second-order valence-electron chi connectivity index (χ2n) is 6.66. The van der Waals surface area contributed by atoms with Crippen LogP contribution >= 0.6 is 0 Å². The number of aliphatic hydroxyl groups is 1. The lowest BCUT2D eigenvalue weighted by molar-refractivity contribution is -0.135. The number of nitrogens with one attached hydrogen (secondary N) is 1. The summed E-state index contributed by atoms with van der Waals surface area (Å²) in [4.78, 5) is 40.0. The number of amides is 3. The van der Waals surface area contributed by atoms with Gasteiger partial charge in [-0.3, -0.25) is 19.3 Å².